The zero-order valence-corrected chi connectivity index (χ0v) is 12.6. The molecule has 21 heavy (non-hydrogen) atoms. The fraction of sp³-hybridized carbons (Fsp3) is 0.529. The summed E-state index contributed by atoms with van der Waals surface area (Å²) in [5, 5.41) is 2.93. The summed E-state index contributed by atoms with van der Waals surface area (Å²) < 4.78 is 0. The van der Waals surface area contributed by atoms with E-state index >= 15 is 0 Å². The van der Waals surface area contributed by atoms with Crippen LogP contribution in [0.5, 0.6) is 0 Å². The van der Waals surface area contributed by atoms with Gasteiger partial charge in [-0.25, -0.2) is 0 Å². The number of rotatable bonds is 4. The molecule has 2 amide bonds. The number of nitrogens with one attached hydrogen (secondary N) is 1. The highest BCUT2D eigenvalue weighted by Gasteiger charge is 2.46. The van der Waals surface area contributed by atoms with Crippen LogP contribution in [0.15, 0.2) is 24.3 Å². The van der Waals surface area contributed by atoms with Crippen molar-refractivity contribution in [2.75, 3.05) is 13.6 Å². The van der Waals surface area contributed by atoms with Crippen molar-refractivity contribution in [3.63, 3.8) is 0 Å². The Hall–Kier alpha value is -1.84. The molecule has 2 aliphatic rings. The third-order valence-corrected chi connectivity index (χ3v) is 4.71. The molecule has 2 fully saturated rings. The molecule has 1 N–H and O–H groups in total. The average Bonchev–Trinajstić information content (AvgIpc) is 3.24. The van der Waals surface area contributed by atoms with Gasteiger partial charge < -0.3 is 10.2 Å². The molecule has 0 bridgehead atoms. The van der Waals surface area contributed by atoms with Gasteiger partial charge in [0, 0.05) is 19.5 Å². The summed E-state index contributed by atoms with van der Waals surface area (Å²) in [7, 11) is 1.78. The van der Waals surface area contributed by atoms with Gasteiger partial charge in [0.2, 0.25) is 11.8 Å². The number of benzene rings is 1. The van der Waals surface area contributed by atoms with Gasteiger partial charge in [-0.15, -0.1) is 0 Å². The van der Waals surface area contributed by atoms with Crippen LogP contribution in [0.3, 0.4) is 0 Å². The van der Waals surface area contributed by atoms with E-state index in [4.69, 9.17) is 0 Å². The number of likely N-dealkylation sites (N-methyl/N-ethyl adjacent to an activating group) is 1. The minimum absolute atomic E-state index is 0.0366. The summed E-state index contributed by atoms with van der Waals surface area (Å²) in [6.45, 7) is 2.87. The first kappa shape index (κ1) is 14.1. The van der Waals surface area contributed by atoms with Crippen molar-refractivity contribution in [1.82, 2.24) is 10.2 Å². The molecule has 1 aromatic rings. The van der Waals surface area contributed by atoms with E-state index in [0.29, 0.717) is 5.92 Å². The molecule has 1 unspecified atom stereocenters. The molecule has 1 aromatic carbocycles. The van der Waals surface area contributed by atoms with Crippen LogP contribution in [-0.4, -0.2) is 36.3 Å². The molecular formula is C17H22N2O2. The molecule has 0 radical (unpaired) electrons. The first-order valence-electron chi connectivity index (χ1n) is 7.75. The topological polar surface area (TPSA) is 49.4 Å². The number of carbonyl (C=O) groups is 2. The average molecular weight is 286 g/mol. The smallest absolute Gasteiger partial charge is 0.244 e. The van der Waals surface area contributed by atoms with E-state index in [9.17, 15) is 9.59 Å². The molecule has 0 spiro atoms. The van der Waals surface area contributed by atoms with Gasteiger partial charge in [-0.1, -0.05) is 31.2 Å². The zero-order chi connectivity index (χ0) is 15.0. The van der Waals surface area contributed by atoms with Crippen LogP contribution in [0.4, 0.5) is 0 Å². The summed E-state index contributed by atoms with van der Waals surface area (Å²) >= 11 is 0. The fourth-order valence-corrected chi connectivity index (χ4v) is 3.28. The Morgan fingerprint density at radius 3 is 2.81 bits per heavy atom. The van der Waals surface area contributed by atoms with Gasteiger partial charge in [0.15, 0.2) is 0 Å². The van der Waals surface area contributed by atoms with E-state index < -0.39 is 0 Å². The van der Waals surface area contributed by atoms with Crippen LogP contribution in [0.2, 0.25) is 0 Å². The van der Waals surface area contributed by atoms with Crippen molar-refractivity contribution >= 4 is 11.8 Å². The van der Waals surface area contributed by atoms with Crippen LogP contribution in [0.1, 0.15) is 36.8 Å². The van der Waals surface area contributed by atoms with Crippen molar-refractivity contribution in [2.45, 2.75) is 38.1 Å². The van der Waals surface area contributed by atoms with Crippen LogP contribution < -0.4 is 5.32 Å². The van der Waals surface area contributed by atoms with Gasteiger partial charge >= 0.3 is 0 Å². The highest BCUT2D eigenvalue weighted by molar-refractivity contribution is 5.91. The molecule has 1 aliphatic carbocycles. The monoisotopic (exact) mass is 286 g/mol. The second-order valence-electron chi connectivity index (χ2n) is 6.11. The minimum Gasteiger partial charge on any atom is -0.344 e. The lowest BCUT2D eigenvalue weighted by molar-refractivity contribution is -0.132. The lowest BCUT2D eigenvalue weighted by Gasteiger charge is -2.12. The highest BCUT2D eigenvalue weighted by Crippen LogP contribution is 2.48. The van der Waals surface area contributed by atoms with E-state index in [1.165, 1.54) is 11.1 Å². The Labute approximate surface area is 125 Å². The molecular weight excluding hydrogens is 264 g/mol. The maximum Gasteiger partial charge on any atom is 0.244 e. The Morgan fingerprint density at radius 2 is 2.14 bits per heavy atom. The predicted molar refractivity (Wildman–Crippen MR) is 80.9 cm³/mol. The summed E-state index contributed by atoms with van der Waals surface area (Å²) in [6, 6.07) is 8.04. The van der Waals surface area contributed by atoms with Crippen molar-refractivity contribution in [1.29, 1.82) is 0 Å². The third-order valence-electron chi connectivity index (χ3n) is 4.71. The number of likely N-dealkylation sites (tertiary alicyclic amines) is 1. The first-order chi connectivity index (χ1) is 10.1. The van der Waals surface area contributed by atoms with Crippen molar-refractivity contribution in [3.05, 3.63) is 35.4 Å². The van der Waals surface area contributed by atoms with Gasteiger partial charge in [0.25, 0.3) is 0 Å². The molecule has 112 valence electrons. The zero-order valence-electron chi connectivity index (χ0n) is 12.6. The summed E-state index contributed by atoms with van der Waals surface area (Å²) in [5.74, 6) is 0.445. The van der Waals surface area contributed by atoms with Gasteiger partial charge in [0.05, 0.1) is 0 Å². The SMILES string of the molecule is CCc1ccccc1[C@@H]1C[C@H]1C(=O)NC1CCN(C)C1=O. The van der Waals surface area contributed by atoms with Crippen LogP contribution >= 0.6 is 0 Å². The molecule has 3 atom stereocenters. The van der Waals surface area contributed by atoms with Gasteiger partial charge in [-0.05, 0) is 36.3 Å². The first-order valence-corrected chi connectivity index (χ1v) is 7.75. The van der Waals surface area contributed by atoms with E-state index in [0.717, 1.165) is 25.8 Å². The number of hydrogen-bond donors (Lipinski definition) is 1. The quantitative estimate of drug-likeness (QED) is 0.916. The molecule has 3 rings (SSSR count). The van der Waals surface area contributed by atoms with Gasteiger partial charge in [-0.3, -0.25) is 9.59 Å². The maximum atomic E-state index is 12.3. The molecule has 0 aromatic heterocycles. The van der Waals surface area contributed by atoms with E-state index in [1.54, 1.807) is 11.9 Å². The number of amides is 2. The number of carbonyl (C=O) groups excluding carboxylic acids is 2. The second kappa shape index (κ2) is 5.51. The van der Waals surface area contributed by atoms with E-state index in [2.05, 4.69) is 24.4 Å². The Morgan fingerprint density at radius 1 is 1.38 bits per heavy atom. The number of nitrogens with zero attached hydrogens (tertiary/aromatic N) is 1. The van der Waals surface area contributed by atoms with Crippen molar-refractivity contribution < 1.29 is 9.59 Å². The molecule has 1 heterocycles. The standard InChI is InChI=1S/C17H22N2O2/c1-3-11-6-4-5-7-12(11)13-10-14(13)16(20)18-15-8-9-19(2)17(15)21/h4-7,13-15H,3,8-10H2,1-2H3,(H,18,20)/t13-,14+,15?/m0/s1. The van der Waals surface area contributed by atoms with Crippen molar-refractivity contribution in [3.8, 4) is 0 Å². The van der Waals surface area contributed by atoms with Crippen LogP contribution in [0.25, 0.3) is 0 Å². The molecule has 4 nitrogen and oxygen atoms in total. The van der Waals surface area contributed by atoms with E-state index in [-0.39, 0.29) is 23.8 Å². The second-order valence-corrected chi connectivity index (χ2v) is 6.11. The molecule has 4 heteroatoms. The van der Waals surface area contributed by atoms with Crippen LogP contribution in [-0.2, 0) is 16.0 Å². The fourth-order valence-electron chi connectivity index (χ4n) is 3.28. The van der Waals surface area contributed by atoms with Crippen LogP contribution in [0, 0.1) is 5.92 Å². The largest absolute Gasteiger partial charge is 0.344 e. The van der Waals surface area contributed by atoms with Crippen molar-refractivity contribution in [2.24, 2.45) is 5.92 Å². The lowest BCUT2D eigenvalue weighted by Crippen LogP contribution is -2.41. The normalized spacial score (nSPS) is 27.8. The van der Waals surface area contributed by atoms with E-state index in [1.807, 2.05) is 12.1 Å². The molecule has 1 saturated heterocycles. The summed E-state index contributed by atoms with van der Waals surface area (Å²) in [5.41, 5.74) is 2.63. The Kier molecular flexibility index (Phi) is 3.70. The summed E-state index contributed by atoms with van der Waals surface area (Å²) in [4.78, 5) is 25.8. The van der Waals surface area contributed by atoms with Gasteiger partial charge in [-0.2, -0.15) is 0 Å². The highest BCUT2D eigenvalue weighted by atomic mass is 16.2. The van der Waals surface area contributed by atoms with Gasteiger partial charge in [0.1, 0.15) is 6.04 Å². The maximum absolute atomic E-state index is 12.3. The number of hydrogen-bond acceptors (Lipinski definition) is 2. The minimum atomic E-state index is -0.315. The molecule has 1 saturated carbocycles. The molecule has 1 aliphatic heterocycles. The Bertz CT molecular complexity index is 570. The number of aryl methyl sites for hydroxylation is 1. The lowest BCUT2D eigenvalue weighted by atomic mass is 10.00. The Balaban J connectivity index is 1.62. The summed E-state index contributed by atoms with van der Waals surface area (Å²) in [6.07, 6.45) is 2.62. The third kappa shape index (κ3) is 2.67. The predicted octanol–water partition coefficient (Wildman–Crippen LogP) is 1.70.